The van der Waals surface area contributed by atoms with E-state index in [1.807, 2.05) is 6.92 Å². The van der Waals surface area contributed by atoms with E-state index in [4.69, 9.17) is 9.47 Å². The van der Waals surface area contributed by atoms with E-state index in [2.05, 4.69) is 4.98 Å². The summed E-state index contributed by atoms with van der Waals surface area (Å²) >= 11 is 0. The van der Waals surface area contributed by atoms with Crippen LogP contribution < -0.4 is 10.3 Å². The summed E-state index contributed by atoms with van der Waals surface area (Å²) in [7, 11) is 2.92. The molecule has 6 nitrogen and oxygen atoms in total. The lowest BCUT2D eigenvalue weighted by Crippen LogP contribution is -2.27. The summed E-state index contributed by atoms with van der Waals surface area (Å²) in [5.41, 5.74) is -0.447. The van der Waals surface area contributed by atoms with E-state index < -0.39 is 5.97 Å². The molecular formula is C11H16N2O4. The largest absolute Gasteiger partial charge is 0.489 e. The molecule has 1 rings (SSSR count). The van der Waals surface area contributed by atoms with E-state index in [1.165, 1.54) is 11.7 Å². The molecule has 1 aromatic heterocycles. The molecule has 0 amide bonds. The van der Waals surface area contributed by atoms with E-state index in [9.17, 15) is 9.59 Å². The molecular weight excluding hydrogens is 224 g/mol. The first kappa shape index (κ1) is 13.2. The standard InChI is InChI=1S/C11H16N2O4/c1-5-7-12-8(11(15)17-6-2)9(16-4)10(14)13(7)3/h5-6H2,1-4H3. The van der Waals surface area contributed by atoms with Gasteiger partial charge in [0, 0.05) is 13.5 Å². The molecule has 1 aromatic rings. The van der Waals surface area contributed by atoms with Gasteiger partial charge in [0.1, 0.15) is 5.82 Å². The van der Waals surface area contributed by atoms with Gasteiger partial charge in [-0.15, -0.1) is 0 Å². The molecule has 0 N–H and O–H groups in total. The number of rotatable bonds is 4. The van der Waals surface area contributed by atoms with E-state index in [0.29, 0.717) is 12.2 Å². The van der Waals surface area contributed by atoms with Crippen LogP contribution in [0.2, 0.25) is 0 Å². The summed E-state index contributed by atoms with van der Waals surface area (Å²) in [4.78, 5) is 27.6. The van der Waals surface area contributed by atoms with Gasteiger partial charge >= 0.3 is 5.97 Å². The molecule has 0 bridgehead atoms. The highest BCUT2D eigenvalue weighted by molar-refractivity contribution is 5.90. The quantitative estimate of drug-likeness (QED) is 0.718. The van der Waals surface area contributed by atoms with Gasteiger partial charge in [-0.05, 0) is 6.92 Å². The summed E-state index contributed by atoms with van der Waals surface area (Å²) in [6.07, 6.45) is 0.544. The number of carbonyl (C=O) groups excluding carboxylic acids is 1. The van der Waals surface area contributed by atoms with Gasteiger partial charge in [0.25, 0.3) is 5.56 Å². The Hall–Kier alpha value is -1.85. The first-order chi connectivity index (χ1) is 8.06. The van der Waals surface area contributed by atoms with E-state index in [0.717, 1.165) is 0 Å². The lowest BCUT2D eigenvalue weighted by molar-refractivity contribution is 0.0514. The number of methoxy groups -OCH3 is 1. The van der Waals surface area contributed by atoms with Crippen LogP contribution in [0.25, 0.3) is 0 Å². The first-order valence-electron chi connectivity index (χ1n) is 5.37. The number of nitrogens with zero attached hydrogens (tertiary/aromatic N) is 2. The Bertz CT molecular complexity index is 479. The highest BCUT2D eigenvalue weighted by atomic mass is 16.5. The van der Waals surface area contributed by atoms with Crippen LogP contribution in [0.5, 0.6) is 5.75 Å². The Morgan fingerprint density at radius 3 is 2.53 bits per heavy atom. The van der Waals surface area contributed by atoms with Gasteiger partial charge in [0.05, 0.1) is 13.7 Å². The molecule has 0 fully saturated rings. The molecule has 0 aliphatic rings. The van der Waals surface area contributed by atoms with Crippen LogP contribution in [-0.2, 0) is 18.2 Å². The zero-order valence-corrected chi connectivity index (χ0v) is 10.4. The molecule has 0 atom stereocenters. The maximum atomic E-state index is 11.9. The second-order valence-electron chi connectivity index (χ2n) is 3.35. The van der Waals surface area contributed by atoms with Gasteiger partial charge in [0.15, 0.2) is 5.69 Å². The third-order valence-electron chi connectivity index (χ3n) is 2.33. The normalized spacial score (nSPS) is 10.1. The van der Waals surface area contributed by atoms with Crippen molar-refractivity contribution in [3.63, 3.8) is 0 Å². The molecule has 1 heterocycles. The van der Waals surface area contributed by atoms with Crippen molar-refractivity contribution in [1.29, 1.82) is 0 Å². The fourth-order valence-corrected chi connectivity index (χ4v) is 1.46. The van der Waals surface area contributed by atoms with E-state index in [-0.39, 0.29) is 23.6 Å². The second kappa shape index (κ2) is 5.47. The summed E-state index contributed by atoms with van der Waals surface area (Å²) in [6, 6.07) is 0. The van der Waals surface area contributed by atoms with Crippen molar-refractivity contribution in [3.05, 3.63) is 21.9 Å². The van der Waals surface area contributed by atoms with Crippen molar-refractivity contribution in [1.82, 2.24) is 9.55 Å². The van der Waals surface area contributed by atoms with E-state index >= 15 is 0 Å². The van der Waals surface area contributed by atoms with Crippen LogP contribution in [0.3, 0.4) is 0 Å². The third kappa shape index (κ3) is 2.46. The van der Waals surface area contributed by atoms with E-state index in [1.54, 1.807) is 14.0 Å². The molecule has 17 heavy (non-hydrogen) atoms. The summed E-state index contributed by atoms with van der Waals surface area (Å²) in [5, 5.41) is 0. The van der Waals surface area contributed by atoms with Crippen molar-refractivity contribution >= 4 is 5.97 Å². The van der Waals surface area contributed by atoms with Gasteiger partial charge in [0.2, 0.25) is 5.75 Å². The lowest BCUT2D eigenvalue weighted by Gasteiger charge is -2.11. The highest BCUT2D eigenvalue weighted by Gasteiger charge is 2.21. The van der Waals surface area contributed by atoms with Crippen molar-refractivity contribution < 1.29 is 14.3 Å². The lowest BCUT2D eigenvalue weighted by atomic mass is 10.3. The Labute approximate surface area is 99.2 Å². The number of esters is 1. The predicted molar refractivity (Wildman–Crippen MR) is 61.4 cm³/mol. The van der Waals surface area contributed by atoms with Crippen molar-refractivity contribution in [3.8, 4) is 5.75 Å². The number of hydrogen-bond acceptors (Lipinski definition) is 5. The Kier molecular flexibility index (Phi) is 4.25. The molecule has 0 aromatic carbocycles. The van der Waals surface area contributed by atoms with Crippen molar-refractivity contribution in [2.24, 2.45) is 7.05 Å². The summed E-state index contributed by atoms with van der Waals surface area (Å²) in [5.74, 6) is -0.209. The smallest absolute Gasteiger partial charge is 0.361 e. The molecule has 0 saturated carbocycles. The molecule has 0 spiro atoms. The minimum atomic E-state index is -0.642. The third-order valence-corrected chi connectivity index (χ3v) is 2.33. The number of aromatic nitrogens is 2. The van der Waals surface area contributed by atoms with Crippen molar-refractivity contribution in [2.45, 2.75) is 20.3 Å². The van der Waals surface area contributed by atoms with Gasteiger partial charge in [-0.25, -0.2) is 9.78 Å². The molecule has 6 heteroatoms. The van der Waals surface area contributed by atoms with Gasteiger partial charge in [-0.2, -0.15) is 0 Å². The zero-order valence-electron chi connectivity index (χ0n) is 10.4. The Morgan fingerprint density at radius 1 is 1.41 bits per heavy atom. The van der Waals surface area contributed by atoms with Crippen LogP contribution in [0.1, 0.15) is 30.2 Å². The minimum Gasteiger partial charge on any atom is -0.489 e. The van der Waals surface area contributed by atoms with Crippen molar-refractivity contribution in [2.75, 3.05) is 13.7 Å². The number of ether oxygens (including phenoxy) is 2. The zero-order chi connectivity index (χ0) is 13.0. The monoisotopic (exact) mass is 240 g/mol. The van der Waals surface area contributed by atoms with Crippen LogP contribution in [0.4, 0.5) is 0 Å². The van der Waals surface area contributed by atoms with Gasteiger partial charge in [-0.3, -0.25) is 9.36 Å². The fraction of sp³-hybridized carbons (Fsp3) is 0.545. The first-order valence-corrected chi connectivity index (χ1v) is 5.37. The SMILES string of the molecule is CCOC(=O)c1nc(CC)n(C)c(=O)c1OC. The Balaban J connectivity index is 3.43. The maximum absolute atomic E-state index is 11.9. The van der Waals surface area contributed by atoms with Crippen LogP contribution >= 0.6 is 0 Å². The molecule has 0 radical (unpaired) electrons. The van der Waals surface area contributed by atoms with Gasteiger partial charge in [-0.1, -0.05) is 6.92 Å². The topological polar surface area (TPSA) is 70.4 Å². The number of carbonyl (C=O) groups is 1. The average Bonchev–Trinajstić information content (AvgIpc) is 2.32. The second-order valence-corrected chi connectivity index (χ2v) is 3.35. The Morgan fingerprint density at radius 2 is 2.06 bits per heavy atom. The van der Waals surface area contributed by atoms with Gasteiger partial charge < -0.3 is 9.47 Å². The molecule has 0 aliphatic heterocycles. The molecule has 0 unspecified atom stereocenters. The van der Waals surface area contributed by atoms with Crippen LogP contribution in [-0.4, -0.2) is 29.2 Å². The molecule has 0 saturated heterocycles. The molecule has 94 valence electrons. The predicted octanol–water partition coefficient (Wildman–Crippen LogP) is 0.528. The molecule has 0 aliphatic carbocycles. The maximum Gasteiger partial charge on any atom is 0.361 e. The summed E-state index contributed by atoms with van der Waals surface area (Å²) in [6.45, 7) is 3.76. The highest BCUT2D eigenvalue weighted by Crippen LogP contribution is 2.12. The van der Waals surface area contributed by atoms with Crippen LogP contribution in [0, 0.1) is 0 Å². The fourth-order valence-electron chi connectivity index (χ4n) is 1.46. The number of hydrogen-bond donors (Lipinski definition) is 0. The average molecular weight is 240 g/mol. The van der Waals surface area contributed by atoms with Crippen LogP contribution in [0.15, 0.2) is 4.79 Å². The number of aryl methyl sites for hydroxylation is 1. The summed E-state index contributed by atoms with van der Waals surface area (Å²) < 4.78 is 11.1. The minimum absolute atomic E-state index is 0.0608.